The molecule has 11 heavy (non-hydrogen) atoms. The number of carbonyl (C=O) groups is 1. The van der Waals surface area contributed by atoms with Crippen molar-refractivity contribution in [1.82, 2.24) is 4.90 Å². The summed E-state index contributed by atoms with van der Waals surface area (Å²) in [5.74, 6) is -0.660. The van der Waals surface area contributed by atoms with E-state index in [1.807, 2.05) is 4.90 Å². The average Bonchev–Trinajstić information content (AvgIpc) is 1.84. The molecule has 0 aromatic carbocycles. The van der Waals surface area contributed by atoms with Crippen LogP contribution in [-0.4, -0.2) is 35.1 Å². The van der Waals surface area contributed by atoms with Crippen molar-refractivity contribution in [3.05, 3.63) is 0 Å². The van der Waals surface area contributed by atoms with Crippen molar-refractivity contribution in [2.45, 2.75) is 32.2 Å². The fourth-order valence-electron chi connectivity index (χ4n) is 1.35. The van der Waals surface area contributed by atoms with Gasteiger partial charge in [0.05, 0.1) is 0 Å². The van der Waals surface area contributed by atoms with Crippen LogP contribution in [0.3, 0.4) is 0 Å². The molecule has 1 aliphatic rings. The average molecular weight is 157 g/mol. The second-order valence-corrected chi connectivity index (χ2v) is 3.03. The van der Waals surface area contributed by atoms with Crippen LogP contribution in [0.15, 0.2) is 0 Å². The zero-order valence-electron chi connectivity index (χ0n) is 6.92. The zero-order valence-corrected chi connectivity index (χ0v) is 6.92. The van der Waals surface area contributed by atoms with Gasteiger partial charge in [0.25, 0.3) is 0 Å². The monoisotopic (exact) mass is 157 g/mol. The highest BCUT2D eigenvalue weighted by Crippen LogP contribution is 2.17. The van der Waals surface area contributed by atoms with Crippen LogP contribution >= 0.6 is 0 Å². The van der Waals surface area contributed by atoms with Gasteiger partial charge >= 0.3 is 5.97 Å². The predicted octanol–water partition coefficient (Wildman–Crippen LogP) is 0.945. The second-order valence-electron chi connectivity index (χ2n) is 3.03. The van der Waals surface area contributed by atoms with Crippen molar-refractivity contribution in [2.75, 3.05) is 13.1 Å². The molecule has 1 N–H and O–H groups in total. The molecule has 0 unspecified atom stereocenters. The third kappa shape index (κ3) is 1.93. The van der Waals surface area contributed by atoms with Crippen molar-refractivity contribution >= 4 is 5.97 Å². The molecule has 0 saturated carbocycles. The van der Waals surface area contributed by atoms with Gasteiger partial charge in [0.15, 0.2) is 0 Å². The molecule has 0 spiro atoms. The van der Waals surface area contributed by atoms with Crippen molar-refractivity contribution in [3.8, 4) is 0 Å². The lowest BCUT2D eigenvalue weighted by molar-refractivity contribution is -0.148. The molecule has 0 bridgehead atoms. The SMILES string of the molecule is CCCCN1CC[C@@H]1C(=O)O. The summed E-state index contributed by atoms with van der Waals surface area (Å²) in [6, 6.07) is -0.179. The summed E-state index contributed by atoms with van der Waals surface area (Å²) in [7, 11) is 0. The van der Waals surface area contributed by atoms with E-state index in [4.69, 9.17) is 5.11 Å². The first-order chi connectivity index (χ1) is 5.25. The summed E-state index contributed by atoms with van der Waals surface area (Å²) in [6.07, 6.45) is 3.09. The van der Waals surface area contributed by atoms with Gasteiger partial charge in [0.1, 0.15) is 6.04 Å². The molecule has 3 nitrogen and oxygen atoms in total. The number of carboxylic acid groups (broad SMARTS) is 1. The van der Waals surface area contributed by atoms with Crippen LogP contribution in [0, 0.1) is 0 Å². The number of aliphatic carboxylic acids is 1. The van der Waals surface area contributed by atoms with Gasteiger partial charge in [-0.2, -0.15) is 0 Å². The largest absolute Gasteiger partial charge is 0.480 e. The third-order valence-corrected chi connectivity index (χ3v) is 2.21. The molecule has 3 heteroatoms. The Morgan fingerprint density at radius 1 is 1.73 bits per heavy atom. The first-order valence-corrected chi connectivity index (χ1v) is 4.22. The van der Waals surface area contributed by atoms with E-state index in [1.165, 1.54) is 0 Å². The Kier molecular flexibility index (Phi) is 2.88. The van der Waals surface area contributed by atoms with E-state index in [-0.39, 0.29) is 6.04 Å². The maximum absolute atomic E-state index is 10.5. The first kappa shape index (κ1) is 8.53. The maximum atomic E-state index is 10.5. The van der Waals surface area contributed by atoms with Gasteiger partial charge in [-0.1, -0.05) is 13.3 Å². The van der Waals surface area contributed by atoms with E-state index in [0.29, 0.717) is 0 Å². The van der Waals surface area contributed by atoms with Crippen LogP contribution in [0.5, 0.6) is 0 Å². The van der Waals surface area contributed by atoms with Crippen LogP contribution in [0.4, 0.5) is 0 Å². The summed E-state index contributed by atoms with van der Waals surface area (Å²) in [4.78, 5) is 12.5. The van der Waals surface area contributed by atoms with Crippen LogP contribution < -0.4 is 0 Å². The first-order valence-electron chi connectivity index (χ1n) is 4.22. The lowest BCUT2D eigenvalue weighted by Crippen LogP contribution is -2.52. The topological polar surface area (TPSA) is 40.5 Å². The Labute approximate surface area is 67.0 Å². The smallest absolute Gasteiger partial charge is 0.320 e. The highest BCUT2D eigenvalue weighted by molar-refractivity contribution is 5.74. The molecule has 0 amide bonds. The molecule has 64 valence electrons. The summed E-state index contributed by atoms with van der Waals surface area (Å²) in [5.41, 5.74) is 0. The van der Waals surface area contributed by atoms with Gasteiger partial charge in [-0.25, -0.2) is 0 Å². The molecular weight excluding hydrogens is 142 g/mol. The molecule has 0 aromatic rings. The quantitative estimate of drug-likeness (QED) is 0.660. The van der Waals surface area contributed by atoms with Crippen LogP contribution in [0.25, 0.3) is 0 Å². The highest BCUT2D eigenvalue weighted by atomic mass is 16.4. The Bertz CT molecular complexity index is 147. The summed E-state index contributed by atoms with van der Waals surface area (Å²) in [5, 5.41) is 8.66. The minimum atomic E-state index is -0.660. The molecule has 0 radical (unpaired) electrons. The zero-order chi connectivity index (χ0) is 8.27. The van der Waals surface area contributed by atoms with Gasteiger partial charge in [-0.15, -0.1) is 0 Å². The molecule has 1 aliphatic heterocycles. The number of nitrogens with zero attached hydrogens (tertiary/aromatic N) is 1. The summed E-state index contributed by atoms with van der Waals surface area (Å²) in [6.45, 7) is 4.04. The maximum Gasteiger partial charge on any atom is 0.320 e. The lowest BCUT2D eigenvalue weighted by atomic mass is 10.0. The minimum Gasteiger partial charge on any atom is -0.480 e. The van der Waals surface area contributed by atoms with Gasteiger partial charge in [-0.3, -0.25) is 9.69 Å². The fourth-order valence-corrected chi connectivity index (χ4v) is 1.35. The Hall–Kier alpha value is -0.570. The standard InChI is InChI=1S/C8H15NO2/c1-2-3-5-9-6-4-7(9)8(10)11/h7H,2-6H2,1H3,(H,10,11)/t7-/m1/s1. The Morgan fingerprint density at radius 3 is 2.82 bits per heavy atom. The number of rotatable bonds is 4. The van der Waals surface area contributed by atoms with Crippen molar-refractivity contribution in [1.29, 1.82) is 0 Å². The molecule has 0 aliphatic carbocycles. The molecule has 1 fully saturated rings. The molecule has 0 aromatic heterocycles. The van der Waals surface area contributed by atoms with E-state index in [2.05, 4.69) is 6.92 Å². The Morgan fingerprint density at radius 2 is 2.45 bits per heavy atom. The van der Waals surface area contributed by atoms with E-state index in [9.17, 15) is 4.79 Å². The minimum absolute atomic E-state index is 0.179. The van der Waals surface area contributed by atoms with E-state index in [0.717, 1.165) is 32.4 Å². The number of likely N-dealkylation sites (tertiary alicyclic amines) is 1. The van der Waals surface area contributed by atoms with Crippen molar-refractivity contribution in [2.24, 2.45) is 0 Å². The second kappa shape index (κ2) is 3.72. The number of carboxylic acids is 1. The number of unbranched alkanes of at least 4 members (excludes halogenated alkanes) is 1. The summed E-state index contributed by atoms with van der Waals surface area (Å²) >= 11 is 0. The van der Waals surface area contributed by atoms with Gasteiger partial charge in [0.2, 0.25) is 0 Å². The molecule has 1 heterocycles. The van der Waals surface area contributed by atoms with E-state index < -0.39 is 5.97 Å². The molecule has 1 saturated heterocycles. The van der Waals surface area contributed by atoms with Crippen LogP contribution in [0.1, 0.15) is 26.2 Å². The van der Waals surface area contributed by atoms with Crippen molar-refractivity contribution in [3.63, 3.8) is 0 Å². The third-order valence-electron chi connectivity index (χ3n) is 2.21. The lowest BCUT2D eigenvalue weighted by Gasteiger charge is -2.37. The molecule has 1 atom stereocenters. The van der Waals surface area contributed by atoms with Gasteiger partial charge < -0.3 is 5.11 Å². The normalized spacial score (nSPS) is 24.6. The molecular formula is C8H15NO2. The molecule has 1 rings (SSSR count). The van der Waals surface area contributed by atoms with E-state index in [1.54, 1.807) is 0 Å². The van der Waals surface area contributed by atoms with E-state index >= 15 is 0 Å². The number of hydrogen-bond donors (Lipinski definition) is 1. The predicted molar refractivity (Wildman–Crippen MR) is 42.5 cm³/mol. The van der Waals surface area contributed by atoms with Gasteiger partial charge in [0, 0.05) is 6.54 Å². The fraction of sp³-hybridized carbons (Fsp3) is 0.875. The number of hydrogen-bond acceptors (Lipinski definition) is 2. The summed E-state index contributed by atoms with van der Waals surface area (Å²) < 4.78 is 0. The highest BCUT2D eigenvalue weighted by Gasteiger charge is 2.32. The van der Waals surface area contributed by atoms with Gasteiger partial charge in [-0.05, 0) is 19.4 Å². The Balaban J connectivity index is 2.20. The van der Waals surface area contributed by atoms with Crippen molar-refractivity contribution < 1.29 is 9.90 Å². The van der Waals surface area contributed by atoms with Crippen LogP contribution in [0.2, 0.25) is 0 Å². The van der Waals surface area contributed by atoms with Crippen LogP contribution in [-0.2, 0) is 4.79 Å².